The third-order valence-corrected chi connectivity index (χ3v) is 9.20. The molecule has 4 aromatic heterocycles. The van der Waals surface area contributed by atoms with Gasteiger partial charge in [-0.15, -0.1) is 0 Å². The van der Waals surface area contributed by atoms with Gasteiger partial charge in [0.05, 0.1) is 12.7 Å². The van der Waals surface area contributed by atoms with Crippen molar-refractivity contribution in [3.8, 4) is 0 Å². The summed E-state index contributed by atoms with van der Waals surface area (Å²) in [5, 5.41) is 22.1. The number of aliphatic hydroxyl groups excluding tert-OH is 2. The van der Waals surface area contributed by atoms with Gasteiger partial charge in [0.1, 0.15) is 36.3 Å². The van der Waals surface area contributed by atoms with Crippen LogP contribution in [0.4, 0.5) is 11.8 Å². The first-order valence-electron chi connectivity index (χ1n) is 12.9. The number of imidazole rings is 2. The van der Waals surface area contributed by atoms with Crippen LogP contribution < -0.4 is 17.0 Å². The third kappa shape index (κ3) is 5.31. The third-order valence-electron chi connectivity index (χ3n) is 7.10. The van der Waals surface area contributed by atoms with Crippen molar-refractivity contribution in [2.24, 2.45) is 0 Å². The summed E-state index contributed by atoms with van der Waals surface area (Å²) in [5.74, 6) is -0.255. The molecule has 4 unspecified atom stereocenters. The summed E-state index contributed by atoms with van der Waals surface area (Å²) in [4.78, 5) is 55.9. The first-order valence-corrected chi connectivity index (χ1v) is 16.4. The molecule has 3 fully saturated rings. The standard InChI is InChI=1S/C20H24N10O13P2/c21-12-6-13(24-1-23-12)29(2-25-6)16-8(31)11-19(40-16)39-5-44(34,35)42-10-9(32)18(38-4-45(36,37)43-11)41-17(10)30-3-26-7-14(30)27-20(22)28-15(7)33/h1-3,8-11,16-19,31-32H,4-5H2,(H,34,35)(H,36,37)(H2,21,23,24)(H3,22,27,28,33)/t8-,9?,10-,11?,16+,17+,18-,19-/m0/s1. The van der Waals surface area contributed by atoms with E-state index < -0.39 is 82.9 Å². The molecule has 242 valence electrons. The lowest BCUT2D eigenvalue weighted by Crippen LogP contribution is -2.35. The van der Waals surface area contributed by atoms with Crippen LogP contribution in [0, 0.1) is 0 Å². The van der Waals surface area contributed by atoms with Gasteiger partial charge in [-0.3, -0.25) is 37.1 Å². The molecule has 2 bridgehead atoms. The molecule has 4 aromatic rings. The Kier molecular flexibility index (Phi) is 7.27. The van der Waals surface area contributed by atoms with E-state index in [-0.39, 0.29) is 34.1 Å². The van der Waals surface area contributed by atoms with Gasteiger partial charge in [0.2, 0.25) is 5.95 Å². The van der Waals surface area contributed by atoms with E-state index in [0.29, 0.717) is 0 Å². The fourth-order valence-corrected chi connectivity index (χ4v) is 7.16. The van der Waals surface area contributed by atoms with E-state index in [9.17, 15) is 33.9 Å². The molecule has 0 amide bonds. The lowest BCUT2D eigenvalue weighted by atomic mass is 10.2. The zero-order valence-electron chi connectivity index (χ0n) is 22.4. The number of rotatable bonds is 2. The Morgan fingerprint density at radius 1 is 0.822 bits per heavy atom. The number of nitrogen functional groups attached to an aromatic ring is 2. The molecule has 45 heavy (non-hydrogen) atoms. The van der Waals surface area contributed by atoms with Crippen LogP contribution in [-0.4, -0.2) is 109 Å². The number of aromatic amines is 1. The van der Waals surface area contributed by atoms with Gasteiger partial charge in [-0.25, -0.2) is 19.9 Å². The summed E-state index contributed by atoms with van der Waals surface area (Å²) in [5.41, 5.74) is 10.8. The summed E-state index contributed by atoms with van der Waals surface area (Å²) in [6.45, 7) is 0. The summed E-state index contributed by atoms with van der Waals surface area (Å²) >= 11 is 0. The molecule has 7 heterocycles. The Morgan fingerprint density at radius 2 is 1.44 bits per heavy atom. The molecule has 3 aliphatic rings. The minimum Gasteiger partial charge on any atom is -0.385 e. The van der Waals surface area contributed by atoms with Crippen molar-refractivity contribution in [2.45, 2.75) is 49.5 Å². The highest BCUT2D eigenvalue weighted by Crippen LogP contribution is 2.53. The number of hydrogen-bond acceptors (Lipinski definition) is 18. The van der Waals surface area contributed by atoms with Crippen LogP contribution in [0.3, 0.4) is 0 Å². The first-order chi connectivity index (χ1) is 21.3. The van der Waals surface area contributed by atoms with Crippen LogP contribution in [0.15, 0.2) is 23.8 Å². The van der Waals surface area contributed by atoms with E-state index in [2.05, 4.69) is 29.9 Å². The molecule has 3 aliphatic heterocycles. The molecule has 0 radical (unpaired) electrons. The second kappa shape index (κ2) is 10.8. The Morgan fingerprint density at radius 3 is 2.18 bits per heavy atom. The van der Waals surface area contributed by atoms with E-state index in [0.717, 1.165) is 17.2 Å². The summed E-state index contributed by atoms with van der Waals surface area (Å²) in [6.07, 6.45) is -12.2. The number of anilines is 2. The molecule has 7 rings (SSSR count). The average Bonchev–Trinajstić information content (AvgIpc) is 3.72. The number of fused-ring (bicyclic) bond motifs is 5. The molecular weight excluding hydrogens is 650 g/mol. The maximum absolute atomic E-state index is 13.3. The zero-order valence-corrected chi connectivity index (χ0v) is 24.2. The molecule has 0 aromatic carbocycles. The number of aromatic nitrogens is 8. The number of nitrogens with one attached hydrogen (secondary N) is 1. The highest BCUT2D eigenvalue weighted by molar-refractivity contribution is 7.52. The van der Waals surface area contributed by atoms with Gasteiger partial charge < -0.3 is 50.4 Å². The van der Waals surface area contributed by atoms with Crippen LogP contribution in [-0.2, 0) is 37.1 Å². The number of nitrogens with two attached hydrogens (primary N) is 2. The van der Waals surface area contributed by atoms with Gasteiger partial charge >= 0.3 is 15.2 Å². The molecule has 3 saturated heterocycles. The Hall–Kier alpha value is -3.44. The van der Waals surface area contributed by atoms with Crippen LogP contribution in [0.25, 0.3) is 22.3 Å². The van der Waals surface area contributed by atoms with Gasteiger partial charge in [-0.1, -0.05) is 0 Å². The molecule has 23 nitrogen and oxygen atoms in total. The minimum atomic E-state index is -4.85. The van der Waals surface area contributed by atoms with Crippen molar-refractivity contribution < 1.29 is 57.1 Å². The smallest absolute Gasteiger partial charge is 0.354 e. The lowest BCUT2D eigenvalue weighted by Gasteiger charge is -2.26. The van der Waals surface area contributed by atoms with Gasteiger partial charge in [0.15, 0.2) is 60.4 Å². The Bertz CT molecular complexity index is 1940. The number of ether oxygens (including phenoxy) is 4. The van der Waals surface area contributed by atoms with Crippen molar-refractivity contribution in [3.05, 3.63) is 29.3 Å². The van der Waals surface area contributed by atoms with Crippen LogP contribution in [0.5, 0.6) is 0 Å². The number of H-pyrrole nitrogens is 1. The summed E-state index contributed by atoms with van der Waals surface area (Å²) in [6, 6.07) is 0. The maximum Gasteiger partial charge on any atom is 0.354 e. The predicted molar refractivity (Wildman–Crippen MR) is 143 cm³/mol. The maximum atomic E-state index is 13.3. The second-order valence-corrected chi connectivity index (χ2v) is 13.6. The van der Waals surface area contributed by atoms with E-state index in [1.807, 2.05) is 0 Å². The molecule has 0 saturated carbocycles. The van der Waals surface area contributed by atoms with Gasteiger partial charge in [0.25, 0.3) is 5.56 Å². The van der Waals surface area contributed by atoms with Crippen molar-refractivity contribution in [1.29, 1.82) is 0 Å². The minimum absolute atomic E-state index is 0.0313. The van der Waals surface area contributed by atoms with Crippen LogP contribution in [0.1, 0.15) is 12.5 Å². The fraction of sp³-hybridized carbons (Fsp3) is 0.500. The number of aliphatic hydroxyl groups is 2. The van der Waals surface area contributed by atoms with Crippen molar-refractivity contribution in [2.75, 3.05) is 24.2 Å². The summed E-state index contributed by atoms with van der Waals surface area (Å²) < 4.78 is 61.7. The molecule has 25 heteroatoms. The van der Waals surface area contributed by atoms with Crippen molar-refractivity contribution >= 4 is 49.3 Å². The molecular formula is C20H24N10O13P2. The average molecular weight is 674 g/mol. The molecule has 0 aliphatic carbocycles. The highest BCUT2D eigenvalue weighted by Gasteiger charge is 2.54. The quantitative estimate of drug-likeness (QED) is 0.109. The Labute approximate surface area is 248 Å². The van der Waals surface area contributed by atoms with Gasteiger partial charge in [-0.2, -0.15) is 4.98 Å². The number of nitrogens with zero attached hydrogens (tertiary/aromatic N) is 7. The number of hydrogen-bond donors (Lipinski definition) is 7. The monoisotopic (exact) mass is 674 g/mol. The van der Waals surface area contributed by atoms with Gasteiger partial charge in [-0.05, 0) is 0 Å². The molecule has 9 N–H and O–H groups in total. The van der Waals surface area contributed by atoms with E-state index in [1.165, 1.54) is 10.9 Å². The first kappa shape index (κ1) is 30.2. The SMILES string of the molecule is Nc1nc2c(ncn2[C@@H]2O[C@@H]3OCP(=O)(O)OC4[C@@H](OCP(=O)(O)O[C@H]2C3O)O[C@@H](n2cnc3c(N)ncnc32)[C@H]4O)c(=O)[nH]1. The van der Waals surface area contributed by atoms with E-state index in [4.69, 9.17) is 39.5 Å². The lowest BCUT2D eigenvalue weighted by molar-refractivity contribution is -0.174. The predicted octanol–water partition coefficient (Wildman–Crippen LogP) is -2.34. The Balaban J connectivity index is 1.21. The summed E-state index contributed by atoms with van der Waals surface area (Å²) in [7, 11) is -9.66. The zero-order chi connectivity index (χ0) is 31.8. The topological polar surface area (TPSA) is 330 Å². The van der Waals surface area contributed by atoms with Gasteiger partial charge in [0, 0.05) is 0 Å². The highest BCUT2D eigenvalue weighted by atomic mass is 31.2. The van der Waals surface area contributed by atoms with E-state index in [1.54, 1.807) is 0 Å². The second-order valence-electron chi connectivity index (χ2n) is 10.1. The molecule has 0 spiro atoms. The van der Waals surface area contributed by atoms with Crippen LogP contribution >= 0.6 is 15.2 Å². The van der Waals surface area contributed by atoms with Crippen molar-refractivity contribution in [3.63, 3.8) is 0 Å². The van der Waals surface area contributed by atoms with Crippen LogP contribution in [0.2, 0.25) is 0 Å². The molecule has 10 atom stereocenters. The fourth-order valence-electron chi connectivity index (χ4n) is 5.15. The van der Waals surface area contributed by atoms with Crippen molar-refractivity contribution in [1.82, 2.24) is 39.0 Å². The normalized spacial score (nSPS) is 37.7. The van der Waals surface area contributed by atoms with E-state index >= 15 is 0 Å². The largest absolute Gasteiger partial charge is 0.385 e.